The lowest BCUT2D eigenvalue weighted by Crippen LogP contribution is -2.37. The molecule has 0 saturated carbocycles. The molecule has 1 atom stereocenters. The molecule has 0 bridgehead atoms. The van der Waals surface area contributed by atoms with Gasteiger partial charge in [-0.2, -0.15) is 0 Å². The average Bonchev–Trinajstić information content (AvgIpc) is 3.09. The number of hydrogen-bond acceptors (Lipinski definition) is 1. The molecule has 5 rings (SSSR count). The van der Waals surface area contributed by atoms with Crippen molar-refractivity contribution in [1.29, 1.82) is 0 Å². The minimum atomic E-state index is -1.76. The molecule has 0 N–H and O–H groups in total. The van der Waals surface area contributed by atoms with Crippen molar-refractivity contribution in [1.82, 2.24) is 0 Å². The maximum absolute atomic E-state index is 6.77. The van der Waals surface area contributed by atoms with Gasteiger partial charge in [0.25, 0.3) is 0 Å². The van der Waals surface area contributed by atoms with E-state index in [1.54, 1.807) is 0 Å². The fraction of sp³-hybridized carbons (Fsp3) is 0.378. The van der Waals surface area contributed by atoms with Crippen LogP contribution in [0.1, 0.15) is 93.5 Å². The Morgan fingerprint density at radius 2 is 1.15 bits per heavy atom. The van der Waals surface area contributed by atoms with Crippen LogP contribution in [0.5, 0.6) is 5.75 Å². The van der Waals surface area contributed by atoms with E-state index in [4.69, 9.17) is 4.74 Å². The van der Waals surface area contributed by atoms with Crippen molar-refractivity contribution in [2.24, 2.45) is 0 Å². The largest absolute Gasteiger partial charge is 0.487 e. The van der Waals surface area contributed by atoms with Crippen molar-refractivity contribution >= 4 is 23.2 Å². The number of fused-ring (bicyclic) bond motifs is 1. The zero-order valence-corrected chi connectivity index (χ0v) is 30.9. The van der Waals surface area contributed by atoms with Gasteiger partial charge in [0, 0.05) is 0 Å². The highest BCUT2D eigenvalue weighted by Crippen LogP contribution is 2.56. The summed E-state index contributed by atoms with van der Waals surface area (Å²) in [6, 6.07) is 33.8. The summed E-state index contributed by atoms with van der Waals surface area (Å²) in [5.74, 6) is 1.16. The van der Waals surface area contributed by atoms with Gasteiger partial charge in [0.15, 0.2) is 0 Å². The van der Waals surface area contributed by atoms with Gasteiger partial charge in [-0.1, -0.05) is 77.9 Å². The number of rotatable bonds is 13. The Morgan fingerprint density at radius 3 is 1.70 bits per heavy atom. The molecular formula is C45H56OP+. The first kappa shape index (κ1) is 34.9. The highest BCUT2D eigenvalue weighted by Gasteiger charge is 2.44. The summed E-state index contributed by atoms with van der Waals surface area (Å²) in [5.41, 5.74) is 9.93. The van der Waals surface area contributed by atoms with E-state index in [9.17, 15) is 0 Å². The minimum Gasteiger partial charge on any atom is -0.487 e. The molecule has 0 saturated heterocycles. The van der Waals surface area contributed by atoms with Gasteiger partial charge in [0.05, 0.1) is 6.16 Å². The summed E-state index contributed by atoms with van der Waals surface area (Å²) < 4.78 is 6.77. The molecule has 1 heterocycles. The van der Waals surface area contributed by atoms with E-state index in [0.29, 0.717) is 0 Å². The molecule has 0 spiro atoms. The third kappa shape index (κ3) is 8.01. The molecule has 0 aliphatic carbocycles. The van der Waals surface area contributed by atoms with Crippen molar-refractivity contribution < 1.29 is 4.74 Å². The highest BCUT2D eigenvalue weighted by molar-refractivity contribution is 7.95. The van der Waals surface area contributed by atoms with E-state index in [1.807, 2.05) is 0 Å². The van der Waals surface area contributed by atoms with Crippen LogP contribution >= 0.6 is 7.26 Å². The first-order chi connectivity index (χ1) is 22.6. The quantitative estimate of drug-likeness (QED) is 0.104. The smallest absolute Gasteiger partial charge is 0.126 e. The average molecular weight is 644 g/mol. The number of allylic oxidation sites excluding steroid dienone is 4. The number of ether oxygens (including phenoxy) is 1. The molecule has 1 aliphatic rings. The number of benzene rings is 4. The molecule has 0 fully saturated rings. The van der Waals surface area contributed by atoms with E-state index in [1.165, 1.54) is 67.5 Å². The predicted octanol–water partition coefficient (Wildman–Crippen LogP) is 11.2. The van der Waals surface area contributed by atoms with Crippen molar-refractivity contribution in [3.05, 3.63) is 142 Å². The molecule has 4 aromatic rings. The van der Waals surface area contributed by atoms with Gasteiger partial charge in [0.2, 0.25) is 0 Å². The molecule has 246 valence electrons. The van der Waals surface area contributed by atoms with Gasteiger partial charge < -0.3 is 4.74 Å². The van der Waals surface area contributed by atoms with Crippen molar-refractivity contribution in [3.8, 4) is 5.75 Å². The lowest BCUT2D eigenvalue weighted by molar-refractivity contribution is 0.0560. The van der Waals surface area contributed by atoms with E-state index in [-0.39, 0.29) is 5.60 Å². The van der Waals surface area contributed by atoms with E-state index >= 15 is 0 Å². The van der Waals surface area contributed by atoms with Crippen LogP contribution in [0.3, 0.4) is 0 Å². The second kappa shape index (κ2) is 15.7. The zero-order valence-electron chi connectivity index (χ0n) is 30.0. The molecule has 1 nitrogen and oxygen atoms in total. The molecule has 2 heteroatoms. The van der Waals surface area contributed by atoms with Crippen LogP contribution in [0.25, 0.3) is 0 Å². The standard InChI is InChI=1S/C45H56OP/c1-34(22-18-31-45(7)32-30-43-38(5)36(3)37(4)39(6)44(43)46-45)20-17-21-35(2)23-19-33-47(40-24-11-8-12-25-40,41-26-13-9-14-27-41)42-28-15-10-16-29-42/h8-16,21-22,24-29H,17-20,23,30-33H2,1-7H3/q+1/b34-22+,35-21+/t45-/m1/s1. The Labute approximate surface area is 286 Å². The monoisotopic (exact) mass is 643 g/mol. The summed E-state index contributed by atoms with van der Waals surface area (Å²) in [6.07, 6.45) is 15.1. The Balaban J connectivity index is 1.17. The maximum atomic E-state index is 6.77. The van der Waals surface area contributed by atoms with E-state index < -0.39 is 7.26 Å². The Morgan fingerprint density at radius 1 is 0.660 bits per heavy atom. The fourth-order valence-corrected chi connectivity index (χ4v) is 11.9. The van der Waals surface area contributed by atoms with Gasteiger partial charge in [-0.3, -0.25) is 0 Å². The maximum Gasteiger partial charge on any atom is 0.126 e. The van der Waals surface area contributed by atoms with Crippen molar-refractivity contribution in [2.45, 2.75) is 105 Å². The van der Waals surface area contributed by atoms with Crippen molar-refractivity contribution in [3.63, 3.8) is 0 Å². The van der Waals surface area contributed by atoms with Crippen molar-refractivity contribution in [2.75, 3.05) is 6.16 Å². The lowest BCUT2D eigenvalue weighted by Gasteiger charge is -2.38. The van der Waals surface area contributed by atoms with Crippen LogP contribution in [-0.4, -0.2) is 11.8 Å². The van der Waals surface area contributed by atoms with Crippen LogP contribution in [0, 0.1) is 27.7 Å². The molecular weight excluding hydrogens is 587 g/mol. The number of hydrogen-bond donors (Lipinski definition) is 0. The summed E-state index contributed by atoms with van der Waals surface area (Å²) >= 11 is 0. The summed E-state index contributed by atoms with van der Waals surface area (Å²) in [7, 11) is -1.76. The lowest BCUT2D eigenvalue weighted by atomic mass is 9.83. The minimum absolute atomic E-state index is 0.0870. The Bertz CT molecular complexity index is 1590. The van der Waals surface area contributed by atoms with Gasteiger partial charge in [-0.25, -0.2) is 0 Å². The third-order valence-electron chi connectivity index (χ3n) is 10.9. The topological polar surface area (TPSA) is 9.23 Å². The van der Waals surface area contributed by atoms with Crippen LogP contribution in [0.2, 0.25) is 0 Å². The zero-order chi connectivity index (χ0) is 33.4. The van der Waals surface area contributed by atoms with Crippen LogP contribution in [0.15, 0.2) is 114 Å². The first-order valence-electron chi connectivity index (χ1n) is 17.8. The molecule has 0 amide bonds. The predicted molar refractivity (Wildman–Crippen MR) is 208 cm³/mol. The highest BCUT2D eigenvalue weighted by atomic mass is 31.2. The van der Waals surface area contributed by atoms with E-state index in [2.05, 4.69) is 152 Å². The molecule has 47 heavy (non-hydrogen) atoms. The molecule has 0 radical (unpaired) electrons. The van der Waals surface area contributed by atoms with Gasteiger partial charge >= 0.3 is 0 Å². The Hall–Kier alpha value is -3.41. The Kier molecular flexibility index (Phi) is 11.6. The first-order valence-corrected chi connectivity index (χ1v) is 19.8. The summed E-state index contributed by atoms with van der Waals surface area (Å²) in [4.78, 5) is 0. The van der Waals surface area contributed by atoms with Crippen LogP contribution < -0.4 is 20.7 Å². The van der Waals surface area contributed by atoms with Crippen LogP contribution in [-0.2, 0) is 6.42 Å². The normalized spacial score (nSPS) is 16.9. The summed E-state index contributed by atoms with van der Waals surface area (Å²) in [6.45, 7) is 16.0. The van der Waals surface area contributed by atoms with Gasteiger partial charge in [0.1, 0.15) is 34.5 Å². The van der Waals surface area contributed by atoms with Crippen LogP contribution in [0.4, 0.5) is 0 Å². The molecule has 1 aliphatic heterocycles. The van der Waals surface area contributed by atoms with E-state index in [0.717, 1.165) is 50.7 Å². The molecule has 0 aromatic heterocycles. The van der Waals surface area contributed by atoms with Gasteiger partial charge in [-0.15, -0.1) is 0 Å². The second-order valence-electron chi connectivity index (χ2n) is 14.2. The SMILES string of the molecule is C/C(=C\CC[C@]1(C)CCc2c(C)c(C)c(C)c(C)c2O1)CC/C=C(\C)CCC[P+](c1ccccc1)(c1ccccc1)c1ccccc1. The third-order valence-corrected chi connectivity index (χ3v) is 15.4. The fourth-order valence-electron chi connectivity index (χ4n) is 7.51. The molecule has 0 unspecified atom stereocenters. The molecule has 4 aromatic carbocycles. The van der Waals surface area contributed by atoms with Gasteiger partial charge in [-0.05, 0) is 164 Å². The second-order valence-corrected chi connectivity index (χ2v) is 17.8. The summed E-state index contributed by atoms with van der Waals surface area (Å²) in [5, 5.41) is 4.44.